The molecule has 0 spiro atoms. The lowest BCUT2D eigenvalue weighted by Crippen LogP contribution is -2.28. The normalized spacial score (nSPS) is 15.8. The van der Waals surface area contributed by atoms with E-state index in [4.69, 9.17) is 0 Å². The molecular formula is H8N4O6P2. The molecule has 2 atom stereocenters. The van der Waals surface area contributed by atoms with Crippen molar-refractivity contribution < 1.29 is 27.6 Å². The summed E-state index contributed by atoms with van der Waals surface area (Å²) in [4.78, 5) is 0. The van der Waals surface area contributed by atoms with Gasteiger partial charge >= 0.3 is 16.5 Å². The number of hydrogen-bond acceptors (Lipinski definition) is 10. The molecule has 0 aliphatic heterocycles. The standard InChI is InChI=1S/H8N4O6P2/c1-7-11(5)9-3-4-10-12(6)8-2/h3-4,11-12H,1-2H2. The van der Waals surface area contributed by atoms with Crippen molar-refractivity contribution in [1.82, 2.24) is 11.2 Å². The molecule has 0 bridgehead atoms. The van der Waals surface area contributed by atoms with Crippen molar-refractivity contribution in [3.05, 3.63) is 0 Å². The summed E-state index contributed by atoms with van der Waals surface area (Å²) in [6.45, 7) is 0. The molecule has 0 rings (SSSR count). The van der Waals surface area contributed by atoms with Crippen LogP contribution in [-0.2, 0) is 27.6 Å². The molecule has 6 N–H and O–H groups in total. The fourth-order valence-electron chi connectivity index (χ4n) is 0.173. The van der Waals surface area contributed by atoms with E-state index in [-0.39, 0.29) is 0 Å². The molecule has 0 saturated carbocycles. The molecular weight excluding hydrogens is 214 g/mol. The van der Waals surface area contributed by atoms with Crippen LogP contribution in [0.2, 0.25) is 0 Å². The fourth-order valence-corrected chi connectivity index (χ4v) is 0.519. The molecule has 0 aromatic heterocycles. The van der Waals surface area contributed by atoms with E-state index < -0.39 is 16.5 Å². The van der Waals surface area contributed by atoms with Crippen molar-refractivity contribution >= 4 is 16.5 Å². The summed E-state index contributed by atoms with van der Waals surface area (Å²) in [6, 6.07) is 0. The second-order valence-electron chi connectivity index (χ2n) is 1.14. The zero-order valence-electron chi connectivity index (χ0n) is 5.60. The van der Waals surface area contributed by atoms with Gasteiger partial charge < -0.3 is 0 Å². The molecule has 0 saturated heterocycles. The largest absolute Gasteiger partial charge is 0.352 e. The third kappa shape index (κ3) is 6.83. The molecule has 74 valence electrons. The maximum Gasteiger partial charge on any atom is 0.352 e. The molecule has 0 aromatic rings. The average Bonchev–Trinajstić information content (AvgIpc) is 2.11. The van der Waals surface area contributed by atoms with E-state index in [1.165, 1.54) is 0 Å². The molecule has 0 aliphatic carbocycles. The van der Waals surface area contributed by atoms with Gasteiger partial charge in [-0.05, 0) is 0 Å². The first-order valence-corrected chi connectivity index (χ1v) is 4.80. The number of hydrazine groups is 1. The van der Waals surface area contributed by atoms with Crippen LogP contribution >= 0.6 is 16.5 Å². The highest BCUT2D eigenvalue weighted by Crippen LogP contribution is 2.18. The maximum atomic E-state index is 10.3. The first-order valence-electron chi connectivity index (χ1n) is 2.35. The van der Waals surface area contributed by atoms with Gasteiger partial charge in [0.1, 0.15) is 0 Å². The van der Waals surface area contributed by atoms with Gasteiger partial charge in [-0.3, -0.25) is 9.13 Å². The summed E-state index contributed by atoms with van der Waals surface area (Å²) in [5.74, 6) is 8.88. The Labute approximate surface area is 68.2 Å². The van der Waals surface area contributed by atoms with Crippen LogP contribution in [0.15, 0.2) is 0 Å². The predicted octanol–water partition coefficient (Wildman–Crippen LogP) is -1.50. The summed E-state index contributed by atoms with van der Waals surface area (Å²) >= 11 is 0. The van der Waals surface area contributed by atoms with Crippen LogP contribution in [0.5, 0.6) is 0 Å². The molecule has 10 nitrogen and oxygen atoms in total. The Morgan fingerprint density at radius 1 is 0.917 bits per heavy atom. The van der Waals surface area contributed by atoms with Gasteiger partial charge in [0, 0.05) is 0 Å². The third-order valence-electron chi connectivity index (χ3n) is 0.503. The Balaban J connectivity index is 3.21. The number of nitrogens with two attached hydrogens (primary N) is 2. The summed E-state index contributed by atoms with van der Waals surface area (Å²) in [5.41, 5.74) is 3.49. The lowest BCUT2D eigenvalue weighted by atomic mass is 12.7. The Kier molecular flexibility index (Phi) is 7.86. The van der Waals surface area contributed by atoms with E-state index in [0.29, 0.717) is 0 Å². The van der Waals surface area contributed by atoms with E-state index in [0.717, 1.165) is 0 Å². The number of hydrogen-bond donors (Lipinski definition) is 4. The second kappa shape index (κ2) is 7.77. The summed E-state index contributed by atoms with van der Waals surface area (Å²) < 4.78 is 36.1. The van der Waals surface area contributed by atoms with Crippen LogP contribution in [0.4, 0.5) is 0 Å². The van der Waals surface area contributed by atoms with Crippen LogP contribution in [0, 0.1) is 0 Å². The zero-order valence-corrected chi connectivity index (χ0v) is 7.60. The van der Waals surface area contributed by atoms with Gasteiger partial charge in [0.05, 0.1) is 0 Å². The van der Waals surface area contributed by atoms with Gasteiger partial charge in [0.2, 0.25) is 0 Å². The molecule has 0 radical (unpaired) electrons. The van der Waals surface area contributed by atoms with Gasteiger partial charge in [-0.1, -0.05) is 0 Å². The van der Waals surface area contributed by atoms with Gasteiger partial charge in [-0.15, -0.1) is 11.2 Å². The van der Waals surface area contributed by atoms with Crippen LogP contribution in [0.1, 0.15) is 0 Å². The van der Waals surface area contributed by atoms with Gasteiger partial charge in [0.25, 0.3) is 0 Å². The van der Waals surface area contributed by atoms with Crippen LogP contribution in [0.25, 0.3) is 0 Å². The number of rotatable bonds is 7. The summed E-state index contributed by atoms with van der Waals surface area (Å²) in [7, 11) is -5.64. The van der Waals surface area contributed by atoms with E-state index >= 15 is 0 Å². The topological polar surface area (TPSA) is 147 Å². The van der Waals surface area contributed by atoms with Crippen molar-refractivity contribution in [2.24, 2.45) is 11.8 Å². The molecule has 12 heavy (non-hydrogen) atoms. The maximum absolute atomic E-state index is 10.3. The lowest BCUT2D eigenvalue weighted by molar-refractivity contribution is 0.00917. The quantitative estimate of drug-likeness (QED) is 0.228. The Morgan fingerprint density at radius 3 is 1.50 bits per heavy atom. The van der Waals surface area contributed by atoms with E-state index in [1.807, 2.05) is 0 Å². The fraction of sp³-hybridized carbons (Fsp3) is 0. The minimum absolute atomic E-state index is 1.75. The lowest BCUT2D eigenvalue weighted by Gasteiger charge is -2.04. The SMILES string of the molecule is NO[PH](=O)ONNO[PH](=O)ON. The monoisotopic (exact) mass is 222 g/mol. The van der Waals surface area contributed by atoms with Crippen LogP contribution in [-0.4, -0.2) is 0 Å². The van der Waals surface area contributed by atoms with Crippen molar-refractivity contribution in [2.45, 2.75) is 0 Å². The van der Waals surface area contributed by atoms with Crippen molar-refractivity contribution in [3.63, 3.8) is 0 Å². The first-order chi connectivity index (χ1) is 5.70. The summed E-state index contributed by atoms with van der Waals surface area (Å²) in [5, 5.41) is 0. The number of nitrogens with one attached hydrogen (secondary N) is 2. The molecule has 0 fully saturated rings. The highest BCUT2D eigenvalue weighted by molar-refractivity contribution is 7.33. The highest BCUT2D eigenvalue weighted by atomic mass is 31.1. The molecule has 0 aromatic carbocycles. The minimum atomic E-state index is -2.82. The molecule has 12 heteroatoms. The second-order valence-corrected chi connectivity index (χ2v) is 3.02. The van der Waals surface area contributed by atoms with Crippen LogP contribution in [0.3, 0.4) is 0 Å². The smallest absolute Gasteiger partial charge is 0.260 e. The first kappa shape index (κ1) is 12.1. The predicted molar refractivity (Wildman–Crippen MR) is 37.0 cm³/mol. The van der Waals surface area contributed by atoms with Gasteiger partial charge in [0.15, 0.2) is 0 Å². The van der Waals surface area contributed by atoms with Crippen molar-refractivity contribution in [1.29, 1.82) is 0 Å². The minimum Gasteiger partial charge on any atom is -0.260 e. The molecule has 2 unspecified atom stereocenters. The van der Waals surface area contributed by atoms with Gasteiger partial charge in [-0.25, -0.2) is 30.3 Å². The summed E-state index contributed by atoms with van der Waals surface area (Å²) in [6.07, 6.45) is 0. The van der Waals surface area contributed by atoms with Crippen molar-refractivity contribution in [2.75, 3.05) is 0 Å². The zero-order chi connectivity index (χ0) is 9.40. The van der Waals surface area contributed by atoms with E-state index in [1.54, 1.807) is 11.2 Å². The average molecular weight is 222 g/mol. The van der Waals surface area contributed by atoms with Crippen molar-refractivity contribution in [3.8, 4) is 0 Å². The van der Waals surface area contributed by atoms with E-state index in [9.17, 15) is 9.13 Å². The Morgan fingerprint density at radius 2 is 1.25 bits per heavy atom. The molecule has 0 amide bonds. The Hall–Kier alpha value is 0.140. The molecule has 0 heterocycles. The van der Waals surface area contributed by atoms with Gasteiger partial charge in [-0.2, -0.15) is 0 Å². The highest BCUT2D eigenvalue weighted by Gasteiger charge is 1.97. The molecule has 0 aliphatic rings. The Bertz CT molecular complexity index is 142. The van der Waals surface area contributed by atoms with E-state index in [2.05, 4.69) is 30.3 Å². The third-order valence-corrected chi connectivity index (χ3v) is 1.43. The van der Waals surface area contributed by atoms with Crippen LogP contribution < -0.4 is 23.0 Å².